The molecule has 0 aliphatic heterocycles. The Bertz CT molecular complexity index is 278. The molecule has 0 radical (unpaired) electrons. The van der Waals surface area contributed by atoms with Gasteiger partial charge < -0.3 is 5.32 Å². The number of rotatable bonds is 4. The summed E-state index contributed by atoms with van der Waals surface area (Å²) in [5, 5.41) is 3.21. The maximum absolute atomic E-state index is 3.21. The van der Waals surface area contributed by atoms with E-state index in [4.69, 9.17) is 0 Å². The first-order valence-electron chi connectivity index (χ1n) is 5.39. The first-order chi connectivity index (χ1) is 6.65. The Morgan fingerprint density at radius 3 is 2.36 bits per heavy atom. The van der Waals surface area contributed by atoms with E-state index in [0.29, 0.717) is 11.8 Å². The Kier molecular flexibility index (Phi) is 4.15. The fourth-order valence-electron chi connectivity index (χ4n) is 1.65. The first-order valence-corrected chi connectivity index (χ1v) is 5.39. The Balaban J connectivity index is 2.82. The van der Waals surface area contributed by atoms with E-state index in [0.717, 1.165) is 6.54 Å². The summed E-state index contributed by atoms with van der Waals surface area (Å²) in [5.41, 5.74) is 2.87. The van der Waals surface area contributed by atoms with Crippen LogP contribution in [0.4, 0.5) is 0 Å². The maximum Gasteiger partial charge on any atom is 0.00144 e. The lowest BCUT2D eigenvalue weighted by Gasteiger charge is -2.13. The van der Waals surface area contributed by atoms with Crippen LogP contribution < -0.4 is 5.32 Å². The average molecular weight is 191 g/mol. The maximum atomic E-state index is 3.21. The Morgan fingerprint density at radius 1 is 1.14 bits per heavy atom. The van der Waals surface area contributed by atoms with Crippen LogP contribution in [-0.2, 0) is 0 Å². The van der Waals surface area contributed by atoms with Gasteiger partial charge in [-0.15, -0.1) is 0 Å². The zero-order valence-corrected chi connectivity index (χ0v) is 9.67. The second-order valence-electron chi connectivity index (χ2n) is 4.28. The molecule has 1 nitrogen and oxygen atoms in total. The lowest BCUT2D eigenvalue weighted by molar-refractivity contribution is 0.676. The second kappa shape index (κ2) is 5.16. The zero-order valence-electron chi connectivity index (χ0n) is 9.67. The fraction of sp³-hybridized carbons (Fsp3) is 0.538. The van der Waals surface area contributed by atoms with E-state index in [9.17, 15) is 0 Å². The van der Waals surface area contributed by atoms with Crippen molar-refractivity contribution in [1.82, 2.24) is 5.32 Å². The van der Waals surface area contributed by atoms with Crippen LogP contribution in [-0.4, -0.2) is 13.6 Å². The Labute approximate surface area is 87.5 Å². The van der Waals surface area contributed by atoms with Gasteiger partial charge in [-0.05, 0) is 30.0 Å². The minimum absolute atomic E-state index is 0.596. The molecule has 0 amide bonds. The molecular weight excluding hydrogens is 170 g/mol. The molecule has 0 aliphatic carbocycles. The number of hydrogen-bond donors (Lipinski definition) is 1. The standard InChI is InChI=1S/C13H21N/c1-10(2)12-6-5-7-13(8-12)11(3)9-14-4/h5-8,10-11,14H,9H2,1-4H3. The van der Waals surface area contributed by atoms with Crippen molar-refractivity contribution in [1.29, 1.82) is 0 Å². The number of likely N-dealkylation sites (N-methyl/N-ethyl adjacent to an activating group) is 1. The summed E-state index contributed by atoms with van der Waals surface area (Å²) in [6, 6.07) is 8.91. The van der Waals surface area contributed by atoms with Crippen molar-refractivity contribution in [2.75, 3.05) is 13.6 Å². The minimum Gasteiger partial charge on any atom is -0.319 e. The van der Waals surface area contributed by atoms with E-state index < -0.39 is 0 Å². The molecule has 0 bridgehead atoms. The summed E-state index contributed by atoms with van der Waals surface area (Å²) in [4.78, 5) is 0. The van der Waals surface area contributed by atoms with Crippen molar-refractivity contribution in [3.8, 4) is 0 Å². The molecule has 1 N–H and O–H groups in total. The lowest BCUT2D eigenvalue weighted by Crippen LogP contribution is -2.14. The molecule has 1 rings (SSSR count). The summed E-state index contributed by atoms with van der Waals surface area (Å²) in [6.07, 6.45) is 0. The van der Waals surface area contributed by atoms with Crippen molar-refractivity contribution in [2.24, 2.45) is 0 Å². The highest BCUT2D eigenvalue weighted by molar-refractivity contribution is 5.28. The summed E-state index contributed by atoms with van der Waals surface area (Å²) < 4.78 is 0. The van der Waals surface area contributed by atoms with Gasteiger partial charge in [0.05, 0.1) is 0 Å². The molecule has 14 heavy (non-hydrogen) atoms. The van der Waals surface area contributed by atoms with E-state index in [1.54, 1.807) is 0 Å². The molecule has 0 aliphatic rings. The highest BCUT2D eigenvalue weighted by atomic mass is 14.8. The van der Waals surface area contributed by atoms with Gasteiger partial charge in [0.2, 0.25) is 0 Å². The third-order valence-electron chi connectivity index (χ3n) is 2.66. The van der Waals surface area contributed by atoms with Crippen LogP contribution in [0.25, 0.3) is 0 Å². The Morgan fingerprint density at radius 2 is 1.79 bits per heavy atom. The second-order valence-corrected chi connectivity index (χ2v) is 4.28. The van der Waals surface area contributed by atoms with E-state index in [1.807, 2.05) is 7.05 Å². The molecule has 0 fully saturated rings. The van der Waals surface area contributed by atoms with Crippen molar-refractivity contribution < 1.29 is 0 Å². The van der Waals surface area contributed by atoms with Gasteiger partial charge >= 0.3 is 0 Å². The van der Waals surface area contributed by atoms with Crippen LogP contribution in [0.5, 0.6) is 0 Å². The molecule has 1 atom stereocenters. The van der Waals surface area contributed by atoms with Gasteiger partial charge in [0.1, 0.15) is 0 Å². The predicted octanol–water partition coefficient (Wildman–Crippen LogP) is 3.13. The van der Waals surface area contributed by atoms with Gasteiger partial charge in [-0.1, -0.05) is 45.0 Å². The number of hydrogen-bond acceptors (Lipinski definition) is 1. The highest BCUT2D eigenvalue weighted by Crippen LogP contribution is 2.20. The third kappa shape index (κ3) is 2.85. The molecule has 0 spiro atoms. The molecular formula is C13H21N. The summed E-state index contributed by atoms with van der Waals surface area (Å²) in [5.74, 6) is 1.22. The smallest absolute Gasteiger partial charge is 0.00144 e. The van der Waals surface area contributed by atoms with Gasteiger partial charge in [-0.2, -0.15) is 0 Å². The van der Waals surface area contributed by atoms with Crippen molar-refractivity contribution in [3.05, 3.63) is 35.4 Å². The Hall–Kier alpha value is -0.820. The van der Waals surface area contributed by atoms with Crippen LogP contribution in [0, 0.1) is 0 Å². The molecule has 0 aromatic heterocycles. The molecule has 1 unspecified atom stereocenters. The molecule has 1 heteroatoms. The minimum atomic E-state index is 0.596. The van der Waals surface area contributed by atoms with Crippen molar-refractivity contribution in [2.45, 2.75) is 32.6 Å². The van der Waals surface area contributed by atoms with Crippen LogP contribution >= 0.6 is 0 Å². The molecule has 0 saturated heterocycles. The molecule has 1 aromatic carbocycles. The zero-order chi connectivity index (χ0) is 10.6. The number of nitrogens with one attached hydrogen (secondary N) is 1. The molecule has 0 heterocycles. The van der Waals surface area contributed by atoms with Crippen LogP contribution in [0.2, 0.25) is 0 Å². The topological polar surface area (TPSA) is 12.0 Å². The molecule has 78 valence electrons. The van der Waals surface area contributed by atoms with Gasteiger partial charge in [0.15, 0.2) is 0 Å². The van der Waals surface area contributed by atoms with Crippen molar-refractivity contribution >= 4 is 0 Å². The normalized spacial score (nSPS) is 13.2. The van der Waals surface area contributed by atoms with E-state index in [1.165, 1.54) is 11.1 Å². The van der Waals surface area contributed by atoms with E-state index in [-0.39, 0.29) is 0 Å². The summed E-state index contributed by atoms with van der Waals surface area (Å²) in [6.45, 7) is 7.78. The molecule has 1 aromatic rings. The lowest BCUT2D eigenvalue weighted by atomic mass is 9.95. The van der Waals surface area contributed by atoms with E-state index in [2.05, 4.69) is 50.4 Å². The van der Waals surface area contributed by atoms with Crippen LogP contribution in [0.15, 0.2) is 24.3 Å². The van der Waals surface area contributed by atoms with Gasteiger partial charge in [-0.3, -0.25) is 0 Å². The van der Waals surface area contributed by atoms with Crippen LogP contribution in [0.1, 0.15) is 43.7 Å². The average Bonchev–Trinajstić information content (AvgIpc) is 2.18. The predicted molar refractivity (Wildman–Crippen MR) is 62.9 cm³/mol. The monoisotopic (exact) mass is 191 g/mol. The van der Waals surface area contributed by atoms with Crippen LogP contribution in [0.3, 0.4) is 0 Å². The van der Waals surface area contributed by atoms with Gasteiger partial charge in [0.25, 0.3) is 0 Å². The largest absolute Gasteiger partial charge is 0.319 e. The van der Waals surface area contributed by atoms with Crippen molar-refractivity contribution in [3.63, 3.8) is 0 Å². The third-order valence-corrected chi connectivity index (χ3v) is 2.66. The van der Waals surface area contributed by atoms with Gasteiger partial charge in [0, 0.05) is 6.54 Å². The highest BCUT2D eigenvalue weighted by Gasteiger charge is 2.06. The fourth-order valence-corrected chi connectivity index (χ4v) is 1.65. The first kappa shape index (κ1) is 11.3. The summed E-state index contributed by atoms with van der Waals surface area (Å²) >= 11 is 0. The molecule has 0 saturated carbocycles. The summed E-state index contributed by atoms with van der Waals surface area (Å²) in [7, 11) is 2.00. The van der Waals surface area contributed by atoms with Gasteiger partial charge in [-0.25, -0.2) is 0 Å². The quantitative estimate of drug-likeness (QED) is 0.771. The number of benzene rings is 1. The van der Waals surface area contributed by atoms with E-state index >= 15 is 0 Å². The SMILES string of the molecule is CNCC(C)c1cccc(C(C)C)c1.